The first kappa shape index (κ1) is 12.1. The van der Waals surface area contributed by atoms with E-state index in [1.54, 1.807) is 6.20 Å². The Balaban J connectivity index is 2.18. The minimum Gasteiger partial charge on any atom is -0.466 e. The molecule has 0 unspecified atom stereocenters. The fourth-order valence-electron chi connectivity index (χ4n) is 2.06. The fourth-order valence-corrected chi connectivity index (χ4v) is 2.06. The van der Waals surface area contributed by atoms with Crippen LogP contribution in [0.3, 0.4) is 0 Å². The van der Waals surface area contributed by atoms with Crippen molar-refractivity contribution in [1.29, 1.82) is 0 Å². The molecule has 0 atom stereocenters. The number of carbonyl (C=O) groups is 1. The van der Waals surface area contributed by atoms with Crippen LogP contribution in [0.25, 0.3) is 0 Å². The predicted octanol–water partition coefficient (Wildman–Crippen LogP) is 2.23. The van der Waals surface area contributed by atoms with Crippen LogP contribution in [0.15, 0.2) is 12.3 Å². The van der Waals surface area contributed by atoms with Crippen LogP contribution in [0.4, 0.5) is 0 Å². The van der Waals surface area contributed by atoms with Crippen molar-refractivity contribution in [3.8, 4) is 0 Å². The summed E-state index contributed by atoms with van der Waals surface area (Å²) in [6, 6.07) is 0.536. The standard InChI is InChI=1S/C12H21NO2/c1-3-10-4-6-11(7-5-10)13-9-8-12(14)15-2/h8-11,13H,3-7H2,1-2H3/b9-8+. The summed E-state index contributed by atoms with van der Waals surface area (Å²) < 4.78 is 4.51. The number of esters is 1. The molecule has 0 amide bonds. The van der Waals surface area contributed by atoms with Gasteiger partial charge in [0.05, 0.1) is 7.11 Å². The van der Waals surface area contributed by atoms with Gasteiger partial charge in [-0.05, 0) is 31.6 Å². The topological polar surface area (TPSA) is 38.3 Å². The van der Waals surface area contributed by atoms with Gasteiger partial charge >= 0.3 is 5.97 Å². The minimum atomic E-state index is -0.301. The molecule has 1 aliphatic carbocycles. The summed E-state index contributed by atoms with van der Waals surface area (Å²) in [4.78, 5) is 10.8. The molecule has 3 heteroatoms. The molecule has 86 valence electrons. The maximum absolute atomic E-state index is 10.8. The molecule has 0 radical (unpaired) electrons. The van der Waals surface area contributed by atoms with Gasteiger partial charge in [-0.1, -0.05) is 13.3 Å². The smallest absolute Gasteiger partial charge is 0.331 e. The number of ether oxygens (including phenoxy) is 1. The molecule has 1 N–H and O–H groups in total. The van der Waals surface area contributed by atoms with Gasteiger partial charge in [-0.2, -0.15) is 0 Å². The number of carbonyl (C=O) groups excluding carboxylic acids is 1. The largest absolute Gasteiger partial charge is 0.466 e. The second kappa shape index (κ2) is 6.49. The van der Waals surface area contributed by atoms with Crippen LogP contribution in [0.2, 0.25) is 0 Å². The van der Waals surface area contributed by atoms with E-state index in [0.29, 0.717) is 6.04 Å². The molecule has 0 bridgehead atoms. The zero-order chi connectivity index (χ0) is 11.1. The highest BCUT2D eigenvalue weighted by atomic mass is 16.5. The molecular weight excluding hydrogens is 190 g/mol. The van der Waals surface area contributed by atoms with Crippen LogP contribution in [0.5, 0.6) is 0 Å². The summed E-state index contributed by atoms with van der Waals surface area (Å²) in [5, 5.41) is 3.25. The van der Waals surface area contributed by atoms with Crippen molar-refractivity contribution in [3.63, 3.8) is 0 Å². The lowest BCUT2D eigenvalue weighted by atomic mass is 9.85. The lowest BCUT2D eigenvalue weighted by Gasteiger charge is -2.27. The van der Waals surface area contributed by atoms with Gasteiger partial charge in [0.2, 0.25) is 0 Å². The zero-order valence-corrected chi connectivity index (χ0v) is 9.66. The highest BCUT2D eigenvalue weighted by Crippen LogP contribution is 2.26. The Hall–Kier alpha value is -0.990. The normalized spacial score (nSPS) is 26.5. The third-order valence-electron chi connectivity index (χ3n) is 3.18. The predicted molar refractivity (Wildman–Crippen MR) is 60.3 cm³/mol. The fraction of sp³-hybridized carbons (Fsp3) is 0.750. The Labute approximate surface area is 91.9 Å². The first-order chi connectivity index (χ1) is 7.26. The molecule has 0 aromatic carbocycles. The Bertz CT molecular complexity index is 218. The maximum atomic E-state index is 10.8. The van der Waals surface area contributed by atoms with Crippen molar-refractivity contribution < 1.29 is 9.53 Å². The van der Waals surface area contributed by atoms with Crippen LogP contribution in [0.1, 0.15) is 39.0 Å². The third-order valence-corrected chi connectivity index (χ3v) is 3.18. The first-order valence-electron chi connectivity index (χ1n) is 5.76. The third kappa shape index (κ3) is 4.36. The van der Waals surface area contributed by atoms with Gasteiger partial charge < -0.3 is 10.1 Å². The first-order valence-corrected chi connectivity index (χ1v) is 5.76. The van der Waals surface area contributed by atoms with Gasteiger partial charge in [-0.25, -0.2) is 4.79 Å². The monoisotopic (exact) mass is 211 g/mol. The molecule has 0 aromatic rings. The molecule has 0 heterocycles. The van der Waals surface area contributed by atoms with Crippen molar-refractivity contribution in [2.45, 2.75) is 45.1 Å². The minimum absolute atomic E-state index is 0.301. The Morgan fingerprint density at radius 3 is 2.60 bits per heavy atom. The van der Waals surface area contributed by atoms with Crippen molar-refractivity contribution in [2.24, 2.45) is 5.92 Å². The number of rotatable bonds is 4. The molecule has 0 aromatic heterocycles. The summed E-state index contributed by atoms with van der Waals surface area (Å²) in [6.45, 7) is 2.26. The van der Waals surface area contributed by atoms with E-state index in [0.717, 1.165) is 5.92 Å². The van der Waals surface area contributed by atoms with Crippen LogP contribution in [-0.2, 0) is 9.53 Å². The van der Waals surface area contributed by atoms with Crippen LogP contribution in [-0.4, -0.2) is 19.1 Å². The van der Waals surface area contributed by atoms with Gasteiger partial charge in [0.15, 0.2) is 0 Å². The average Bonchev–Trinajstić information content (AvgIpc) is 2.29. The SMILES string of the molecule is CCC1CCC(N/C=C/C(=O)OC)CC1. The molecule has 1 rings (SSSR count). The Morgan fingerprint density at radius 2 is 2.07 bits per heavy atom. The summed E-state index contributed by atoms with van der Waals surface area (Å²) in [5.74, 6) is 0.609. The summed E-state index contributed by atoms with van der Waals surface area (Å²) >= 11 is 0. The highest BCUT2D eigenvalue weighted by Gasteiger charge is 2.18. The molecule has 1 aliphatic rings. The van der Waals surface area contributed by atoms with E-state index < -0.39 is 0 Å². The van der Waals surface area contributed by atoms with E-state index in [9.17, 15) is 4.79 Å². The van der Waals surface area contributed by atoms with Gasteiger partial charge in [0, 0.05) is 18.3 Å². The number of hydrogen-bond donors (Lipinski definition) is 1. The lowest BCUT2D eigenvalue weighted by molar-refractivity contribution is -0.134. The van der Waals surface area contributed by atoms with Crippen LogP contribution >= 0.6 is 0 Å². The maximum Gasteiger partial charge on any atom is 0.331 e. The molecule has 15 heavy (non-hydrogen) atoms. The van der Waals surface area contributed by atoms with Gasteiger partial charge in [-0.15, -0.1) is 0 Å². The summed E-state index contributed by atoms with van der Waals surface area (Å²) in [6.07, 6.45) is 9.48. The zero-order valence-electron chi connectivity index (χ0n) is 9.66. The average molecular weight is 211 g/mol. The molecular formula is C12H21NO2. The van der Waals surface area contributed by atoms with Gasteiger partial charge in [-0.3, -0.25) is 0 Å². The van der Waals surface area contributed by atoms with Crippen molar-refractivity contribution in [1.82, 2.24) is 5.32 Å². The second-order valence-electron chi connectivity index (χ2n) is 4.15. The van der Waals surface area contributed by atoms with Gasteiger partial charge in [0.1, 0.15) is 0 Å². The molecule has 0 saturated heterocycles. The Kier molecular flexibility index (Phi) is 5.22. The molecule has 3 nitrogen and oxygen atoms in total. The molecule has 1 fully saturated rings. The van der Waals surface area contributed by atoms with E-state index >= 15 is 0 Å². The van der Waals surface area contributed by atoms with Crippen LogP contribution < -0.4 is 5.32 Å². The number of hydrogen-bond acceptors (Lipinski definition) is 3. The van der Waals surface area contributed by atoms with E-state index in [2.05, 4.69) is 17.0 Å². The van der Waals surface area contributed by atoms with E-state index in [1.807, 2.05) is 0 Å². The van der Waals surface area contributed by atoms with E-state index in [-0.39, 0.29) is 5.97 Å². The summed E-state index contributed by atoms with van der Waals surface area (Å²) in [7, 11) is 1.39. The highest BCUT2D eigenvalue weighted by molar-refractivity contribution is 5.81. The second-order valence-corrected chi connectivity index (χ2v) is 4.15. The lowest BCUT2D eigenvalue weighted by Crippen LogP contribution is -2.29. The van der Waals surface area contributed by atoms with E-state index in [1.165, 1.54) is 45.3 Å². The summed E-state index contributed by atoms with van der Waals surface area (Å²) in [5.41, 5.74) is 0. The van der Waals surface area contributed by atoms with Crippen molar-refractivity contribution >= 4 is 5.97 Å². The molecule has 1 saturated carbocycles. The number of nitrogens with one attached hydrogen (secondary N) is 1. The number of methoxy groups -OCH3 is 1. The molecule has 0 spiro atoms. The quantitative estimate of drug-likeness (QED) is 0.572. The van der Waals surface area contributed by atoms with Crippen LogP contribution in [0, 0.1) is 5.92 Å². The van der Waals surface area contributed by atoms with E-state index in [4.69, 9.17) is 0 Å². The molecule has 0 aliphatic heterocycles. The Morgan fingerprint density at radius 1 is 1.40 bits per heavy atom. The van der Waals surface area contributed by atoms with Gasteiger partial charge in [0.25, 0.3) is 0 Å². The van der Waals surface area contributed by atoms with Crippen molar-refractivity contribution in [3.05, 3.63) is 12.3 Å². The van der Waals surface area contributed by atoms with Crippen molar-refractivity contribution in [2.75, 3.05) is 7.11 Å².